The number of phenols is 1. The lowest BCUT2D eigenvalue weighted by Crippen LogP contribution is -2.62. The summed E-state index contributed by atoms with van der Waals surface area (Å²) in [5.74, 6) is -15.6. The van der Waals surface area contributed by atoms with Crippen LogP contribution in [0.3, 0.4) is 0 Å². The smallest absolute Gasteiger partial charge is 0.325 e. The fourth-order valence-corrected chi connectivity index (χ4v) is 10.3. The number of H-pyrrole nitrogens is 1. The maximum Gasteiger partial charge on any atom is 0.325 e. The molecule has 516 valence electrons. The quantitative estimate of drug-likeness (QED) is 0.0184. The molecule has 0 fully saturated rings. The van der Waals surface area contributed by atoms with Gasteiger partial charge in [-0.15, -0.1) is 0 Å². The highest BCUT2D eigenvalue weighted by atomic mass is 32.1. The summed E-state index contributed by atoms with van der Waals surface area (Å²) in [7, 11) is 0. The van der Waals surface area contributed by atoms with Crippen molar-refractivity contribution in [3.8, 4) is 5.75 Å². The Kier molecular flexibility index (Phi) is 30.1. The number of aromatic amines is 1. The number of benzene rings is 4. The molecule has 96 heavy (non-hydrogen) atoms. The van der Waals surface area contributed by atoms with Crippen molar-refractivity contribution < 1.29 is 82.8 Å². The van der Waals surface area contributed by atoms with E-state index in [1.807, 2.05) is 19.2 Å². The van der Waals surface area contributed by atoms with E-state index in [4.69, 9.17) is 11.5 Å². The zero-order chi connectivity index (χ0) is 70.8. The van der Waals surface area contributed by atoms with E-state index < -0.39 is 175 Å². The van der Waals surface area contributed by atoms with Crippen LogP contribution in [0, 0.1) is 5.92 Å². The van der Waals surface area contributed by atoms with Crippen LogP contribution in [0.2, 0.25) is 0 Å². The molecular weight excluding hydrogens is 1290 g/mol. The summed E-state index contributed by atoms with van der Waals surface area (Å²) in [4.78, 5) is 179. The Morgan fingerprint density at radius 1 is 0.448 bits per heavy atom. The molecule has 0 unspecified atom stereocenters. The van der Waals surface area contributed by atoms with E-state index in [9.17, 15) is 78.0 Å². The van der Waals surface area contributed by atoms with Gasteiger partial charge in [0.05, 0.1) is 25.5 Å². The predicted octanol–water partition coefficient (Wildman–Crippen LogP) is -2.33. The predicted molar refractivity (Wildman–Crippen MR) is 355 cm³/mol. The second-order valence-electron chi connectivity index (χ2n) is 23.0. The number of thiol groups is 2. The number of carboxylic acids is 2. The van der Waals surface area contributed by atoms with E-state index >= 15 is 4.79 Å². The van der Waals surface area contributed by atoms with Gasteiger partial charge in [-0.05, 0) is 59.7 Å². The first-order valence-electron chi connectivity index (χ1n) is 30.3. The molecule has 0 saturated carbocycles. The van der Waals surface area contributed by atoms with Gasteiger partial charge >= 0.3 is 11.9 Å². The van der Waals surface area contributed by atoms with Crippen LogP contribution >= 0.6 is 25.3 Å². The minimum Gasteiger partial charge on any atom is -0.508 e. The van der Waals surface area contributed by atoms with Gasteiger partial charge in [0.15, 0.2) is 0 Å². The van der Waals surface area contributed by atoms with Crippen molar-refractivity contribution in [2.75, 3.05) is 18.1 Å². The molecule has 5 rings (SSSR count). The molecule has 4 aromatic carbocycles. The Bertz CT molecular complexity index is 3550. The number of hydrogen-bond acceptors (Lipinski definition) is 18. The average molecular weight is 1370 g/mol. The first-order chi connectivity index (χ1) is 45.6. The number of aliphatic hydroxyl groups is 1. The molecule has 0 aliphatic rings. The Labute approximate surface area is 562 Å². The second-order valence-corrected chi connectivity index (χ2v) is 23.7. The number of nitrogens with one attached hydrogen (secondary N) is 11. The number of aliphatic hydroxyl groups excluding tert-OH is 1. The highest BCUT2D eigenvalue weighted by Crippen LogP contribution is 2.21. The maximum absolute atomic E-state index is 15.1. The van der Waals surface area contributed by atoms with Crippen molar-refractivity contribution in [2.24, 2.45) is 17.4 Å². The topological polar surface area (TPSA) is 491 Å². The molecule has 0 bridgehead atoms. The van der Waals surface area contributed by atoms with Crippen LogP contribution < -0.4 is 64.6 Å². The Balaban J connectivity index is 1.43. The van der Waals surface area contributed by atoms with Gasteiger partial charge in [0.2, 0.25) is 65.0 Å². The molecule has 19 N–H and O–H groups in total. The fraction of sp³-hybridized carbons (Fsp3) is 0.391. The van der Waals surface area contributed by atoms with Crippen LogP contribution in [-0.2, 0) is 88.0 Å². The van der Waals surface area contributed by atoms with Crippen LogP contribution in [-0.4, -0.2) is 187 Å². The molecule has 11 amide bonds. The van der Waals surface area contributed by atoms with Crippen LogP contribution in [0.25, 0.3) is 10.9 Å². The van der Waals surface area contributed by atoms with Gasteiger partial charge in [-0.1, -0.05) is 105 Å². The third-order valence-corrected chi connectivity index (χ3v) is 15.6. The van der Waals surface area contributed by atoms with Crippen LogP contribution in [0.15, 0.2) is 115 Å². The van der Waals surface area contributed by atoms with Crippen molar-refractivity contribution in [1.82, 2.24) is 58.2 Å². The second kappa shape index (κ2) is 37.7. The number of para-hydroxylation sites is 1. The molecule has 0 radical (unpaired) electrons. The van der Waals surface area contributed by atoms with Crippen molar-refractivity contribution >= 4 is 113 Å². The van der Waals surface area contributed by atoms with E-state index in [2.05, 4.69) is 78.1 Å². The number of aromatic hydroxyl groups is 1. The molecule has 0 saturated heterocycles. The molecule has 0 aliphatic heterocycles. The lowest BCUT2D eigenvalue weighted by molar-refractivity contribution is -0.143. The molecular formula is C64H81N13O17S2. The van der Waals surface area contributed by atoms with Gasteiger partial charge < -0.3 is 90.0 Å². The molecule has 0 aliphatic carbocycles. The third kappa shape index (κ3) is 24.4. The molecule has 0 spiro atoms. The summed E-state index contributed by atoms with van der Waals surface area (Å²) in [6.07, 6.45) is -1.04. The summed E-state index contributed by atoms with van der Waals surface area (Å²) < 4.78 is 0. The van der Waals surface area contributed by atoms with E-state index in [-0.39, 0.29) is 36.7 Å². The minimum absolute atomic E-state index is 0.00359. The number of rotatable bonds is 38. The maximum atomic E-state index is 15.1. The summed E-state index contributed by atoms with van der Waals surface area (Å²) in [6.45, 7) is 3.79. The lowest BCUT2D eigenvalue weighted by atomic mass is 10.00. The average Bonchev–Trinajstić information content (AvgIpc) is 1.62. The molecule has 11 atom stereocenters. The molecule has 1 aromatic heterocycles. The molecule has 5 aromatic rings. The number of aliphatic carboxylic acids is 2. The van der Waals surface area contributed by atoms with Gasteiger partial charge in [0.25, 0.3) is 0 Å². The summed E-state index contributed by atoms with van der Waals surface area (Å²) in [5, 5.41) is 64.4. The molecule has 1 heterocycles. The molecule has 32 heteroatoms. The van der Waals surface area contributed by atoms with Crippen molar-refractivity contribution in [2.45, 2.75) is 132 Å². The summed E-state index contributed by atoms with van der Waals surface area (Å²) in [5.41, 5.74) is 14.2. The van der Waals surface area contributed by atoms with Gasteiger partial charge in [-0.2, -0.15) is 25.3 Å². The number of amides is 11. The van der Waals surface area contributed by atoms with Gasteiger partial charge in [0, 0.05) is 54.3 Å². The minimum atomic E-state index is -1.92. The van der Waals surface area contributed by atoms with Crippen molar-refractivity contribution in [1.29, 1.82) is 0 Å². The standard InChI is InChI=1S/C64H81N13O17S2/c1-33(2)22-41(65)54(83)69-43(23-35-12-6-4-7-13-35)58(87)76-51(32-96)63(92)75-49(30-78)61(90)71-44(24-36-14-8-5-9-15-36)56(85)72-46(26-38-29-67-42-17-11-10-16-40(38)42)59(88)70-45(25-37-18-20-39(79)21-19-37)57(86)73-47(27-52(66)80)60(89)77-50(31-95)62(91)74-48(28-53(81)82)55(84)68-34(3)64(93)94/h4-21,29,33-34,41,43-51,67,78-79,95-96H,22-28,30-32,65H2,1-3H3,(H2,66,80)(H,68,84)(H,69,83)(H,70,88)(H,71,90)(H,72,85)(H,73,86)(H,74,91)(H,75,92)(H,76,87)(H,77,89)(H,81,82)(H,93,94)/t34-,41-,43-,44-,45-,46-,47-,48-,49-,50-,51-/m0/s1. The SMILES string of the molecule is CC(C)C[C@H](N)C(=O)N[C@@H](Cc1ccccc1)C(=O)N[C@@H](CS)C(=O)N[C@@H](CO)C(=O)N[C@@H](Cc1ccccc1)C(=O)N[C@@H](Cc1c[nH]c2ccccc12)C(=O)N[C@@H](Cc1ccc(O)cc1)C(=O)N[C@@H](CC(N)=O)C(=O)N[C@@H](CS)C(=O)N[C@@H](CC(=O)O)C(=O)N[C@@H](C)C(=O)O. The first-order valence-corrected chi connectivity index (χ1v) is 31.6. The van der Waals surface area contributed by atoms with E-state index in [0.29, 0.717) is 39.6 Å². The van der Waals surface area contributed by atoms with Gasteiger partial charge in [-0.3, -0.25) is 62.3 Å². The Morgan fingerprint density at radius 3 is 1.25 bits per heavy atom. The van der Waals surface area contributed by atoms with Gasteiger partial charge in [-0.25, -0.2) is 0 Å². The highest BCUT2D eigenvalue weighted by Gasteiger charge is 2.37. The highest BCUT2D eigenvalue weighted by molar-refractivity contribution is 7.80. The lowest BCUT2D eigenvalue weighted by Gasteiger charge is -2.28. The van der Waals surface area contributed by atoms with Crippen LogP contribution in [0.5, 0.6) is 5.75 Å². The fourth-order valence-electron chi connectivity index (χ4n) is 9.75. The van der Waals surface area contributed by atoms with Crippen molar-refractivity contribution in [3.63, 3.8) is 0 Å². The number of nitrogens with two attached hydrogens (primary N) is 2. The summed E-state index contributed by atoms with van der Waals surface area (Å²) >= 11 is 8.38. The Morgan fingerprint density at radius 2 is 0.812 bits per heavy atom. The number of aromatic nitrogens is 1. The van der Waals surface area contributed by atoms with Crippen LogP contribution in [0.4, 0.5) is 0 Å². The number of primary amides is 1. The third-order valence-electron chi connectivity index (χ3n) is 14.9. The summed E-state index contributed by atoms with van der Waals surface area (Å²) in [6, 6.07) is 11.9. The van der Waals surface area contributed by atoms with E-state index in [1.165, 1.54) is 24.3 Å². The number of hydrogen-bond donors (Lipinski definition) is 19. The first kappa shape index (κ1) is 76.7. The van der Waals surface area contributed by atoms with E-state index in [0.717, 1.165) is 6.92 Å². The zero-order valence-corrected chi connectivity index (χ0v) is 54.4. The van der Waals surface area contributed by atoms with Crippen LogP contribution in [0.1, 0.15) is 62.3 Å². The number of carbonyl (C=O) groups is 13. The number of phenolic OH excluding ortho intramolecular Hbond substituents is 1. The largest absolute Gasteiger partial charge is 0.508 e. The number of carboxylic acid groups (broad SMARTS) is 2. The zero-order valence-electron chi connectivity index (χ0n) is 52.6. The number of fused-ring (bicyclic) bond motifs is 1. The van der Waals surface area contributed by atoms with Gasteiger partial charge in [0.1, 0.15) is 66.2 Å². The van der Waals surface area contributed by atoms with E-state index in [1.54, 1.807) is 91.1 Å². The monoisotopic (exact) mass is 1370 g/mol. The number of carbonyl (C=O) groups excluding carboxylic acids is 11. The molecule has 30 nitrogen and oxygen atoms in total. The Hall–Kier alpha value is -10.0. The normalized spacial score (nSPS) is 14.5. The van der Waals surface area contributed by atoms with Crippen molar-refractivity contribution in [3.05, 3.63) is 138 Å².